The Bertz CT molecular complexity index is 1400. The van der Waals surface area contributed by atoms with E-state index in [1.54, 1.807) is 22.9 Å². The number of hydrogen-bond donors (Lipinski definition) is 1. The summed E-state index contributed by atoms with van der Waals surface area (Å²) in [4.78, 5) is 23.7. The molecule has 1 amide bonds. The molecule has 11 nitrogen and oxygen atoms in total. The molecule has 0 saturated carbocycles. The first-order valence-corrected chi connectivity index (χ1v) is 9.97. The van der Waals surface area contributed by atoms with Gasteiger partial charge in [-0.2, -0.15) is 5.10 Å². The number of nitro groups is 1. The largest absolute Gasteiger partial charge is 0.274 e. The van der Waals surface area contributed by atoms with E-state index in [9.17, 15) is 14.9 Å². The Kier molecular flexibility index (Phi) is 4.52. The number of β-lactam (4-membered cyclic amide) rings is 1. The number of aromatic amines is 1. The van der Waals surface area contributed by atoms with Crippen molar-refractivity contribution >= 4 is 46.4 Å². The summed E-state index contributed by atoms with van der Waals surface area (Å²) < 4.78 is 3.19. The van der Waals surface area contributed by atoms with Gasteiger partial charge in [0.2, 0.25) is 4.77 Å². The molecule has 1 aliphatic heterocycles. The summed E-state index contributed by atoms with van der Waals surface area (Å²) in [5.41, 5.74) is 1.67. The number of nitrogens with one attached hydrogen (secondary N) is 1. The van der Waals surface area contributed by atoms with E-state index in [4.69, 9.17) is 23.8 Å². The zero-order valence-corrected chi connectivity index (χ0v) is 17.2. The number of hydrogen-bond acceptors (Lipinski definition) is 7. The summed E-state index contributed by atoms with van der Waals surface area (Å²) in [6.07, 6.45) is 0. The van der Waals surface area contributed by atoms with Crippen molar-refractivity contribution in [1.29, 1.82) is 0 Å². The number of rotatable bonds is 5. The van der Waals surface area contributed by atoms with Gasteiger partial charge in [0.1, 0.15) is 23.5 Å². The van der Waals surface area contributed by atoms with E-state index in [2.05, 4.69) is 20.5 Å². The number of nitro benzene ring substituents is 1. The molecular weight excluding hydrogens is 444 g/mol. The third kappa shape index (κ3) is 2.99. The van der Waals surface area contributed by atoms with Gasteiger partial charge in [0.15, 0.2) is 5.82 Å². The van der Waals surface area contributed by atoms with Crippen molar-refractivity contribution in [2.24, 2.45) is 0 Å². The van der Waals surface area contributed by atoms with Crippen LogP contribution in [0.4, 0.5) is 5.69 Å². The normalized spacial score (nSPS) is 18.4. The van der Waals surface area contributed by atoms with Crippen LogP contribution in [0.25, 0.3) is 11.0 Å². The van der Waals surface area contributed by atoms with Crippen molar-refractivity contribution in [3.63, 3.8) is 0 Å². The molecule has 1 N–H and O–H groups in total. The van der Waals surface area contributed by atoms with Crippen molar-refractivity contribution in [2.75, 3.05) is 5.01 Å². The lowest BCUT2D eigenvalue weighted by Gasteiger charge is -2.44. The molecule has 13 heteroatoms. The molecule has 2 aromatic carbocycles. The van der Waals surface area contributed by atoms with E-state index < -0.39 is 22.2 Å². The fourth-order valence-corrected chi connectivity index (χ4v) is 4.25. The first-order valence-electron chi connectivity index (χ1n) is 9.12. The van der Waals surface area contributed by atoms with E-state index in [0.29, 0.717) is 16.9 Å². The number of nitrogens with zero attached hydrogens (tertiary/aromatic N) is 7. The van der Waals surface area contributed by atoms with Gasteiger partial charge in [0.25, 0.3) is 11.6 Å². The van der Waals surface area contributed by atoms with Gasteiger partial charge in [-0.05, 0) is 30.4 Å². The Hall–Kier alpha value is -3.64. The van der Waals surface area contributed by atoms with Crippen LogP contribution in [0.5, 0.6) is 0 Å². The number of amides is 1. The smallest absolute Gasteiger partial charge is 0.271 e. The highest BCUT2D eigenvalue weighted by molar-refractivity contribution is 7.71. The number of alkyl halides is 1. The second kappa shape index (κ2) is 7.25. The molecule has 2 unspecified atom stereocenters. The van der Waals surface area contributed by atoms with Crippen LogP contribution in [-0.2, 0) is 11.3 Å². The molecule has 2 aromatic heterocycles. The average Bonchev–Trinajstić information content (AvgIpc) is 3.35. The molecular formula is C18H13ClN8O3S. The van der Waals surface area contributed by atoms with Gasteiger partial charge in [-0.25, -0.2) is 14.4 Å². The van der Waals surface area contributed by atoms with Crippen LogP contribution in [0, 0.1) is 14.9 Å². The van der Waals surface area contributed by atoms with Gasteiger partial charge in [0, 0.05) is 6.07 Å². The highest BCUT2D eigenvalue weighted by atomic mass is 35.5. The van der Waals surface area contributed by atoms with Crippen molar-refractivity contribution in [1.82, 2.24) is 29.9 Å². The molecule has 0 spiro atoms. The lowest BCUT2D eigenvalue weighted by Crippen LogP contribution is -2.62. The molecule has 1 fully saturated rings. The number of H-pyrrole nitrogens is 1. The Morgan fingerprint density at radius 1 is 1.19 bits per heavy atom. The maximum Gasteiger partial charge on any atom is 0.274 e. The number of halogens is 1. The van der Waals surface area contributed by atoms with Crippen LogP contribution in [0.15, 0.2) is 48.5 Å². The lowest BCUT2D eigenvalue weighted by atomic mass is 9.94. The SMILES string of the molecule is O=C1C(Cl)C(c2ccccc2[N+](=O)[O-])N1n1c(Cn2nnc3ccccc32)n[nH]c1=S. The van der Waals surface area contributed by atoms with E-state index in [1.165, 1.54) is 15.8 Å². The topological polar surface area (TPSA) is 128 Å². The number of fused-ring (bicyclic) bond motifs is 1. The third-order valence-corrected chi connectivity index (χ3v) is 5.79. The van der Waals surface area contributed by atoms with Gasteiger partial charge in [-0.3, -0.25) is 20.0 Å². The fraction of sp³-hybridized carbons (Fsp3) is 0.167. The average molecular weight is 457 g/mol. The molecule has 1 aliphatic rings. The molecule has 0 aliphatic carbocycles. The van der Waals surface area contributed by atoms with Gasteiger partial charge < -0.3 is 0 Å². The van der Waals surface area contributed by atoms with Gasteiger partial charge >= 0.3 is 0 Å². The molecule has 5 rings (SSSR count). The van der Waals surface area contributed by atoms with E-state index in [0.717, 1.165) is 5.52 Å². The maximum atomic E-state index is 12.7. The third-order valence-electron chi connectivity index (χ3n) is 5.10. The summed E-state index contributed by atoms with van der Waals surface area (Å²) in [5.74, 6) is -0.0619. The molecule has 1 saturated heterocycles. The molecule has 31 heavy (non-hydrogen) atoms. The molecule has 2 atom stereocenters. The fourth-order valence-electron chi connectivity index (χ4n) is 3.67. The second-order valence-corrected chi connectivity index (χ2v) is 7.69. The minimum Gasteiger partial charge on any atom is -0.271 e. The predicted molar refractivity (Wildman–Crippen MR) is 113 cm³/mol. The Morgan fingerprint density at radius 3 is 2.74 bits per heavy atom. The number of benzene rings is 2. The summed E-state index contributed by atoms with van der Waals surface area (Å²) in [7, 11) is 0. The Labute approximate surface area is 184 Å². The first kappa shape index (κ1) is 19.3. The van der Waals surface area contributed by atoms with E-state index in [1.807, 2.05) is 24.3 Å². The Morgan fingerprint density at radius 2 is 1.94 bits per heavy atom. The summed E-state index contributed by atoms with van der Waals surface area (Å²) in [5, 5.41) is 27.0. The summed E-state index contributed by atoms with van der Waals surface area (Å²) in [6, 6.07) is 12.8. The van der Waals surface area contributed by atoms with Crippen molar-refractivity contribution in [2.45, 2.75) is 18.0 Å². The number of para-hydroxylation sites is 2. The highest BCUT2D eigenvalue weighted by Gasteiger charge is 2.51. The van der Waals surface area contributed by atoms with Crippen LogP contribution in [-0.4, -0.2) is 46.1 Å². The minimum absolute atomic E-state index is 0.130. The van der Waals surface area contributed by atoms with Gasteiger partial charge in [0.05, 0.1) is 16.0 Å². The van der Waals surface area contributed by atoms with Crippen LogP contribution in [0.3, 0.4) is 0 Å². The standard InChI is InChI=1S/C18H13ClN8O3S/c19-15-16(10-5-1-3-7-12(10)27(29)30)26(17(15)28)25-14(21-22-18(25)31)9-24-13-8-4-2-6-11(13)20-23-24/h1-8,15-16H,9H2,(H,22,31). The highest BCUT2D eigenvalue weighted by Crippen LogP contribution is 2.41. The van der Waals surface area contributed by atoms with Crippen LogP contribution in [0.1, 0.15) is 17.4 Å². The molecule has 3 heterocycles. The molecule has 0 bridgehead atoms. The lowest BCUT2D eigenvalue weighted by molar-refractivity contribution is -0.385. The zero-order valence-electron chi connectivity index (χ0n) is 15.6. The van der Waals surface area contributed by atoms with Crippen molar-refractivity contribution in [3.05, 3.63) is 74.8 Å². The zero-order chi connectivity index (χ0) is 21.7. The van der Waals surface area contributed by atoms with E-state index >= 15 is 0 Å². The predicted octanol–water partition coefficient (Wildman–Crippen LogP) is 2.47. The summed E-state index contributed by atoms with van der Waals surface area (Å²) >= 11 is 11.6. The number of carbonyl (C=O) groups excluding carboxylic acids is 1. The molecule has 0 radical (unpaired) electrons. The summed E-state index contributed by atoms with van der Waals surface area (Å²) in [6.45, 7) is 0.161. The Balaban J connectivity index is 1.58. The van der Waals surface area contributed by atoms with Gasteiger partial charge in [-0.15, -0.1) is 16.7 Å². The minimum atomic E-state index is -0.974. The second-order valence-electron chi connectivity index (χ2n) is 6.84. The monoisotopic (exact) mass is 456 g/mol. The number of carbonyl (C=O) groups is 1. The van der Waals surface area contributed by atoms with E-state index in [-0.39, 0.29) is 17.0 Å². The molecule has 4 aromatic rings. The number of aromatic nitrogens is 6. The quantitative estimate of drug-likeness (QED) is 0.160. The van der Waals surface area contributed by atoms with Crippen LogP contribution in [0.2, 0.25) is 0 Å². The van der Waals surface area contributed by atoms with Crippen molar-refractivity contribution < 1.29 is 9.72 Å². The van der Waals surface area contributed by atoms with Crippen LogP contribution >= 0.6 is 23.8 Å². The molecule has 156 valence electrons. The van der Waals surface area contributed by atoms with Gasteiger partial charge in [-0.1, -0.05) is 29.5 Å². The van der Waals surface area contributed by atoms with Crippen LogP contribution < -0.4 is 5.01 Å². The van der Waals surface area contributed by atoms with Crippen molar-refractivity contribution in [3.8, 4) is 0 Å². The first-order chi connectivity index (χ1) is 15.0. The maximum absolute atomic E-state index is 12.7.